The number of benzene rings is 1. The Morgan fingerprint density at radius 1 is 1.14 bits per heavy atom. The minimum Gasteiger partial charge on any atom is -0.378 e. The van der Waals surface area contributed by atoms with E-state index in [1.807, 2.05) is 30.3 Å². The number of nitrogens with one attached hydrogen (secondary N) is 1. The van der Waals surface area contributed by atoms with Gasteiger partial charge in [-0.1, -0.05) is 24.3 Å². The topological polar surface area (TPSA) is 71.5 Å². The lowest BCUT2D eigenvalue weighted by molar-refractivity contribution is -0.134. The summed E-state index contributed by atoms with van der Waals surface area (Å²) in [7, 11) is 0. The maximum absolute atomic E-state index is 12.1. The number of aromatic nitrogens is 1. The highest BCUT2D eigenvalue weighted by molar-refractivity contribution is 5.96. The smallest absolute Gasteiger partial charge is 0.270 e. The molecule has 1 aromatic heterocycles. The van der Waals surface area contributed by atoms with Crippen LogP contribution in [0.15, 0.2) is 36.4 Å². The first-order valence-electron chi connectivity index (χ1n) is 7.23. The molecule has 3 rings (SSSR count). The predicted molar refractivity (Wildman–Crippen MR) is 81.5 cm³/mol. The summed E-state index contributed by atoms with van der Waals surface area (Å²) in [4.78, 5) is 30.1. The summed E-state index contributed by atoms with van der Waals surface area (Å²) >= 11 is 0. The number of hydrogen-bond donors (Lipinski definition) is 1. The van der Waals surface area contributed by atoms with E-state index in [1.54, 1.807) is 11.0 Å². The first kappa shape index (κ1) is 14.5. The fourth-order valence-corrected chi connectivity index (χ4v) is 2.36. The molecule has 0 aliphatic carbocycles. The molecule has 0 saturated carbocycles. The lowest BCUT2D eigenvalue weighted by atomic mass is 10.2. The molecule has 0 atom stereocenters. The maximum Gasteiger partial charge on any atom is 0.270 e. The van der Waals surface area contributed by atoms with Crippen LogP contribution in [-0.4, -0.2) is 54.5 Å². The molecule has 1 N–H and O–H groups in total. The van der Waals surface area contributed by atoms with Gasteiger partial charge in [0.15, 0.2) is 0 Å². The normalized spacial score (nSPS) is 14.8. The third-order valence-corrected chi connectivity index (χ3v) is 3.60. The summed E-state index contributed by atoms with van der Waals surface area (Å²) < 4.78 is 5.19. The van der Waals surface area contributed by atoms with Crippen LogP contribution in [0.2, 0.25) is 0 Å². The van der Waals surface area contributed by atoms with E-state index in [9.17, 15) is 9.59 Å². The van der Waals surface area contributed by atoms with E-state index in [4.69, 9.17) is 4.74 Å². The molecule has 1 saturated heterocycles. The van der Waals surface area contributed by atoms with Crippen LogP contribution in [0.5, 0.6) is 0 Å². The van der Waals surface area contributed by atoms with E-state index in [2.05, 4.69) is 10.3 Å². The summed E-state index contributed by atoms with van der Waals surface area (Å²) in [5, 5.41) is 3.60. The van der Waals surface area contributed by atoms with Crippen molar-refractivity contribution in [3.05, 3.63) is 42.1 Å². The number of para-hydroxylation sites is 1. The van der Waals surface area contributed by atoms with E-state index in [-0.39, 0.29) is 18.4 Å². The zero-order chi connectivity index (χ0) is 15.4. The highest BCUT2D eigenvalue weighted by Gasteiger charge is 2.17. The second kappa shape index (κ2) is 6.53. The van der Waals surface area contributed by atoms with Crippen LogP contribution in [0.25, 0.3) is 10.9 Å². The minimum atomic E-state index is -0.340. The van der Waals surface area contributed by atoms with Crippen molar-refractivity contribution >= 4 is 22.7 Å². The number of ether oxygens (including phenoxy) is 1. The molecule has 0 radical (unpaired) electrons. The molecule has 1 fully saturated rings. The number of pyridine rings is 1. The lowest BCUT2D eigenvalue weighted by Gasteiger charge is -2.26. The fourth-order valence-electron chi connectivity index (χ4n) is 2.36. The standard InChI is InChI=1S/C16H17N3O3/c20-15(19-7-9-22-10-8-19)11-17-16(21)14-6-5-12-3-1-2-4-13(12)18-14/h1-6H,7-11H2,(H,17,21). The minimum absolute atomic E-state index is 0.0205. The monoisotopic (exact) mass is 299 g/mol. The quantitative estimate of drug-likeness (QED) is 0.911. The maximum atomic E-state index is 12.1. The van der Waals surface area contributed by atoms with E-state index >= 15 is 0 Å². The molecule has 1 aromatic carbocycles. The predicted octanol–water partition coefficient (Wildman–Crippen LogP) is 0.823. The molecule has 0 unspecified atom stereocenters. The SMILES string of the molecule is O=C(NCC(=O)N1CCOCC1)c1ccc2ccccc2n1. The highest BCUT2D eigenvalue weighted by Crippen LogP contribution is 2.11. The second-order valence-electron chi connectivity index (χ2n) is 5.07. The molecule has 0 spiro atoms. The molecule has 2 aromatic rings. The van der Waals surface area contributed by atoms with Crippen LogP contribution >= 0.6 is 0 Å². The van der Waals surface area contributed by atoms with Crippen LogP contribution in [0, 0.1) is 0 Å². The molecule has 114 valence electrons. The summed E-state index contributed by atoms with van der Waals surface area (Å²) in [5.74, 6) is -0.440. The van der Waals surface area contributed by atoms with Crippen molar-refractivity contribution in [2.75, 3.05) is 32.8 Å². The number of amides is 2. The van der Waals surface area contributed by atoms with Crippen molar-refractivity contribution in [1.29, 1.82) is 0 Å². The zero-order valence-electron chi connectivity index (χ0n) is 12.1. The molecule has 22 heavy (non-hydrogen) atoms. The van der Waals surface area contributed by atoms with Gasteiger partial charge >= 0.3 is 0 Å². The molecule has 6 nitrogen and oxygen atoms in total. The number of carbonyl (C=O) groups excluding carboxylic acids is 2. The van der Waals surface area contributed by atoms with E-state index in [0.29, 0.717) is 32.0 Å². The Bertz CT molecular complexity index is 696. The summed E-state index contributed by atoms with van der Waals surface area (Å²) in [6, 6.07) is 11.1. The van der Waals surface area contributed by atoms with Gasteiger partial charge in [-0.2, -0.15) is 0 Å². The summed E-state index contributed by atoms with van der Waals surface area (Å²) in [6.07, 6.45) is 0. The van der Waals surface area contributed by atoms with Gasteiger partial charge in [-0.25, -0.2) is 4.98 Å². The van der Waals surface area contributed by atoms with Gasteiger partial charge in [-0.05, 0) is 12.1 Å². The third kappa shape index (κ3) is 3.23. The Morgan fingerprint density at radius 2 is 1.91 bits per heavy atom. The van der Waals surface area contributed by atoms with Crippen LogP contribution < -0.4 is 5.32 Å². The Morgan fingerprint density at radius 3 is 2.73 bits per heavy atom. The van der Waals surface area contributed by atoms with Gasteiger partial charge in [0.25, 0.3) is 5.91 Å². The number of rotatable bonds is 3. The number of nitrogens with zero attached hydrogens (tertiary/aromatic N) is 2. The third-order valence-electron chi connectivity index (χ3n) is 3.60. The van der Waals surface area contributed by atoms with Gasteiger partial charge in [0, 0.05) is 18.5 Å². The van der Waals surface area contributed by atoms with Gasteiger partial charge in [-0.15, -0.1) is 0 Å². The average Bonchev–Trinajstić information content (AvgIpc) is 2.59. The Hall–Kier alpha value is -2.47. The number of hydrogen-bond acceptors (Lipinski definition) is 4. The highest BCUT2D eigenvalue weighted by atomic mass is 16.5. The second-order valence-corrected chi connectivity index (χ2v) is 5.07. The van der Waals surface area contributed by atoms with Crippen LogP contribution in [0.4, 0.5) is 0 Å². The van der Waals surface area contributed by atoms with Gasteiger partial charge in [0.1, 0.15) is 5.69 Å². The van der Waals surface area contributed by atoms with Crippen molar-refractivity contribution in [3.63, 3.8) is 0 Å². The van der Waals surface area contributed by atoms with Gasteiger partial charge in [0.2, 0.25) is 5.91 Å². The molecule has 6 heteroatoms. The molecular weight excluding hydrogens is 282 g/mol. The first-order chi connectivity index (χ1) is 10.7. The van der Waals surface area contributed by atoms with Crippen molar-refractivity contribution < 1.29 is 14.3 Å². The Labute approximate surface area is 128 Å². The molecule has 0 bridgehead atoms. The number of morpholine rings is 1. The molecular formula is C16H17N3O3. The van der Waals surface area contributed by atoms with E-state index in [0.717, 1.165) is 10.9 Å². The van der Waals surface area contributed by atoms with Crippen molar-refractivity contribution in [2.45, 2.75) is 0 Å². The molecule has 2 amide bonds. The van der Waals surface area contributed by atoms with Crippen LogP contribution in [-0.2, 0) is 9.53 Å². The zero-order valence-corrected chi connectivity index (χ0v) is 12.1. The molecule has 1 aliphatic rings. The Balaban J connectivity index is 1.61. The molecule has 2 heterocycles. The van der Waals surface area contributed by atoms with E-state index in [1.165, 1.54) is 0 Å². The van der Waals surface area contributed by atoms with Gasteiger partial charge in [-0.3, -0.25) is 9.59 Å². The molecule has 1 aliphatic heterocycles. The number of fused-ring (bicyclic) bond motifs is 1. The fraction of sp³-hybridized carbons (Fsp3) is 0.312. The average molecular weight is 299 g/mol. The lowest BCUT2D eigenvalue weighted by Crippen LogP contribution is -2.45. The summed E-state index contributed by atoms with van der Waals surface area (Å²) in [6.45, 7) is 2.22. The largest absolute Gasteiger partial charge is 0.378 e. The van der Waals surface area contributed by atoms with Crippen LogP contribution in [0.1, 0.15) is 10.5 Å². The number of carbonyl (C=O) groups is 2. The van der Waals surface area contributed by atoms with Crippen molar-refractivity contribution in [3.8, 4) is 0 Å². The van der Waals surface area contributed by atoms with E-state index < -0.39 is 0 Å². The van der Waals surface area contributed by atoms with Crippen molar-refractivity contribution in [1.82, 2.24) is 15.2 Å². The van der Waals surface area contributed by atoms with Gasteiger partial charge in [0.05, 0.1) is 25.3 Å². The van der Waals surface area contributed by atoms with Crippen LogP contribution in [0.3, 0.4) is 0 Å². The van der Waals surface area contributed by atoms with Crippen molar-refractivity contribution in [2.24, 2.45) is 0 Å². The van der Waals surface area contributed by atoms with Gasteiger partial charge < -0.3 is 15.0 Å². The Kier molecular flexibility index (Phi) is 4.29. The summed E-state index contributed by atoms with van der Waals surface area (Å²) in [5.41, 5.74) is 1.07. The first-order valence-corrected chi connectivity index (χ1v) is 7.23.